The van der Waals surface area contributed by atoms with Crippen molar-refractivity contribution in [2.45, 2.75) is 33.2 Å². The third-order valence-electron chi connectivity index (χ3n) is 3.19. The summed E-state index contributed by atoms with van der Waals surface area (Å²) in [6.07, 6.45) is 1.10. The van der Waals surface area contributed by atoms with Gasteiger partial charge in [0.15, 0.2) is 0 Å². The minimum absolute atomic E-state index is 0.309. The lowest BCUT2D eigenvalue weighted by Gasteiger charge is -2.21. The van der Waals surface area contributed by atoms with Gasteiger partial charge >= 0.3 is 0 Å². The van der Waals surface area contributed by atoms with Gasteiger partial charge in [0.2, 0.25) is 0 Å². The molecule has 0 bridgehead atoms. The number of fused-ring (bicyclic) bond motifs is 1. The second-order valence-corrected chi connectivity index (χ2v) is 6.14. The van der Waals surface area contributed by atoms with E-state index in [1.54, 1.807) is 0 Å². The van der Waals surface area contributed by atoms with Crippen molar-refractivity contribution in [3.8, 4) is 0 Å². The highest BCUT2D eigenvalue weighted by atomic mass is 79.9. The normalized spacial score (nSPS) is 13.1. The van der Waals surface area contributed by atoms with Crippen LogP contribution in [0, 0.1) is 5.92 Å². The van der Waals surface area contributed by atoms with Crippen molar-refractivity contribution in [3.63, 3.8) is 0 Å². The van der Waals surface area contributed by atoms with Crippen molar-refractivity contribution in [1.82, 2.24) is 10.3 Å². The Morgan fingerprint density at radius 3 is 2.68 bits per heavy atom. The van der Waals surface area contributed by atoms with Gasteiger partial charge in [0, 0.05) is 9.86 Å². The van der Waals surface area contributed by atoms with Gasteiger partial charge in [-0.3, -0.25) is 0 Å². The molecule has 0 amide bonds. The summed E-state index contributed by atoms with van der Waals surface area (Å²) in [4.78, 5) is 4.84. The number of nitrogens with one attached hydrogen (secondary N) is 1. The number of benzene rings is 1. The van der Waals surface area contributed by atoms with Gasteiger partial charge in [-0.05, 0) is 46.9 Å². The summed E-state index contributed by atoms with van der Waals surface area (Å²) in [5, 5.41) is 4.72. The minimum atomic E-state index is 0.309. The summed E-state index contributed by atoms with van der Waals surface area (Å²) in [5.41, 5.74) is 2.18. The van der Waals surface area contributed by atoms with Gasteiger partial charge in [-0.1, -0.05) is 39.0 Å². The lowest BCUT2D eigenvalue weighted by molar-refractivity contribution is 0.430. The highest BCUT2D eigenvalue weighted by Crippen LogP contribution is 2.29. The first-order valence-electron chi connectivity index (χ1n) is 6.90. The van der Waals surface area contributed by atoms with Gasteiger partial charge in [0.25, 0.3) is 0 Å². The van der Waals surface area contributed by atoms with E-state index in [2.05, 4.69) is 60.2 Å². The first-order chi connectivity index (χ1) is 9.11. The Hall–Kier alpha value is -0.930. The molecule has 0 spiro atoms. The SMILES string of the molecule is CCNC(CC(C)C)c1nc2ccccc2cc1Br. The van der Waals surface area contributed by atoms with Crippen molar-refractivity contribution >= 4 is 26.8 Å². The van der Waals surface area contributed by atoms with E-state index in [1.165, 1.54) is 5.39 Å². The van der Waals surface area contributed by atoms with Gasteiger partial charge in [0.1, 0.15) is 0 Å². The van der Waals surface area contributed by atoms with Crippen molar-refractivity contribution in [2.75, 3.05) is 6.54 Å². The van der Waals surface area contributed by atoms with E-state index in [0.29, 0.717) is 12.0 Å². The Bertz CT molecular complexity index is 551. The fraction of sp³-hybridized carbons (Fsp3) is 0.438. The van der Waals surface area contributed by atoms with Crippen LogP contribution < -0.4 is 5.32 Å². The summed E-state index contributed by atoms with van der Waals surface area (Å²) in [5.74, 6) is 0.643. The van der Waals surface area contributed by atoms with Crippen LogP contribution in [0.2, 0.25) is 0 Å². The van der Waals surface area contributed by atoms with Crippen LogP contribution in [0.25, 0.3) is 10.9 Å². The quantitative estimate of drug-likeness (QED) is 0.864. The number of para-hydroxylation sites is 1. The maximum absolute atomic E-state index is 4.84. The standard InChI is InChI=1S/C16H21BrN2/c1-4-18-15(9-11(2)3)16-13(17)10-12-7-5-6-8-14(12)19-16/h5-8,10-11,15,18H,4,9H2,1-3H3. The number of halogens is 1. The first-order valence-corrected chi connectivity index (χ1v) is 7.69. The molecule has 0 radical (unpaired) electrons. The third kappa shape index (κ3) is 3.54. The minimum Gasteiger partial charge on any atom is -0.309 e. The van der Waals surface area contributed by atoms with Crippen LogP contribution in [0.5, 0.6) is 0 Å². The number of rotatable bonds is 5. The molecule has 1 aromatic carbocycles. The van der Waals surface area contributed by atoms with Gasteiger partial charge in [0.05, 0.1) is 17.3 Å². The van der Waals surface area contributed by atoms with Crippen molar-refractivity contribution < 1.29 is 0 Å². The molecule has 1 aromatic heterocycles. The van der Waals surface area contributed by atoms with Crippen LogP contribution in [-0.2, 0) is 0 Å². The Morgan fingerprint density at radius 1 is 1.26 bits per heavy atom. The largest absolute Gasteiger partial charge is 0.309 e. The first kappa shape index (κ1) is 14.5. The molecule has 0 aliphatic heterocycles. The maximum Gasteiger partial charge on any atom is 0.0722 e. The van der Waals surface area contributed by atoms with Gasteiger partial charge in [-0.2, -0.15) is 0 Å². The summed E-state index contributed by atoms with van der Waals surface area (Å²) in [6.45, 7) is 7.60. The number of hydrogen-bond donors (Lipinski definition) is 1. The summed E-state index contributed by atoms with van der Waals surface area (Å²) < 4.78 is 1.10. The Balaban J connectivity index is 2.43. The molecule has 19 heavy (non-hydrogen) atoms. The molecule has 1 atom stereocenters. The smallest absolute Gasteiger partial charge is 0.0722 e. The van der Waals surface area contributed by atoms with Crippen LogP contribution >= 0.6 is 15.9 Å². The highest BCUT2D eigenvalue weighted by molar-refractivity contribution is 9.10. The summed E-state index contributed by atoms with van der Waals surface area (Å²) >= 11 is 3.68. The average Bonchev–Trinajstić information content (AvgIpc) is 2.37. The lowest BCUT2D eigenvalue weighted by Crippen LogP contribution is -2.23. The monoisotopic (exact) mass is 320 g/mol. The fourth-order valence-electron chi connectivity index (χ4n) is 2.36. The molecular weight excluding hydrogens is 300 g/mol. The third-order valence-corrected chi connectivity index (χ3v) is 3.83. The van der Waals surface area contributed by atoms with Crippen LogP contribution in [0.3, 0.4) is 0 Å². The van der Waals surface area contributed by atoms with E-state index in [1.807, 2.05) is 12.1 Å². The number of nitrogens with zero attached hydrogens (tertiary/aromatic N) is 1. The molecule has 0 aliphatic carbocycles. The van der Waals surface area contributed by atoms with Crippen molar-refractivity contribution in [1.29, 1.82) is 0 Å². The molecule has 3 heteroatoms. The van der Waals surface area contributed by atoms with E-state index in [-0.39, 0.29) is 0 Å². The molecule has 1 N–H and O–H groups in total. The molecule has 2 rings (SSSR count). The van der Waals surface area contributed by atoms with Crippen LogP contribution in [0.15, 0.2) is 34.8 Å². The molecule has 1 unspecified atom stereocenters. The van der Waals surface area contributed by atoms with E-state index in [9.17, 15) is 0 Å². The van der Waals surface area contributed by atoms with Crippen molar-refractivity contribution in [2.24, 2.45) is 5.92 Å². The number of pyridine rings is 1. The van der Waals surface area contributed by atoms with E-state index in [4.69, 9.17) is 4.98 Å². The average molecular weight is 321 g/mol. The Kier molecular flexibility index (Phi) is 4.94. The molecule has 0 saturated carbocycles. The van der Waals surface area contributed by atoms with Gasteiger partial charge in [-0.15, -0.1) is 0 Å². The second-order valence-electron chi connectivity index (χ2n) is 5.29. The summed E-state index contributed by atoms with van der Waals surface area (Å²) in [6, 6.07) is 10.7. The molecule has 102 valence electrons. The van der Waals surface area contributed by atoms with Gasteiger partial charge < -0.3 is 5.32 Å². The van der Waals surface area contributed by atoms with Crippen LogP contribution in [-0.4, -0.2) is 11.5 Å². The zero-order valence-electron chi connectivity index (χ0n) is 11.8. The van der Waals surface area contributed by atoms with E-state index >= 15 is 0 Å². The van der Waals surface area contributed by atoms with Crippen molar-refractivity contribution in [3.05, 3.63) is 40.5 Å². The topological polar surface area (TPSA) is 24.9 Å². The van der Waals surface area contributed by atoms with E-state index in [0.717, 1.165) is 28.6 Å². The molecule has 0 fully saturated rings. The highest BCUT2D eigenvalue weighted by Gasteiger charge is 2.17. The zero-order valence-corrected chi connectivity index (χ0v) is 13.4. The van der Waals surface area contributed by atoms with E-state index < -0.39 is 0 Å². The molecule has 2 nitrogen and oxygen atoms in total. The summed E-state index contributed by atoms with van der Waals surface area (Å²) in [7, 11) is 0. The molecule has 2 aromatic rings. The number of aromatic nitrogens is 1. The molecule has 0 aliphatic rings. The fourth-order valence-corrected chi connectivity index (χ4v) is 2.97. The van der Waals surface area contributed by atoms with Gasteiger partial charge in [-0.25, -0.2) is 4.98 Å². The predicted molar refractivity (Wildman–Crippen MR) is 85.3 cm³/mol. The molecular formula is C16H21BrN2. The van der Waals surface area contributed by atoms with Crippen LogP contribution in [0.1, 0.15) is 38.9 Å². The lowest BCUT2D eigenvalue weighted by atomic mass is 10.00. The molecule has 0 saturated heterocycles. The predicted octanol–water partition coefficient (Wildman–Crippen LogP) is 4.69. The second kappa shape index (κ2) is 6.49. The van der Waals surface area contributed by atoms with Crippen LogP contribution in [0.4, 0.5) is 0 Å². The maximum atomic E-state index is 4.84. The Labute approximate surface area is 123 Å². The number of hydrogen-bond acceptors (Lipinski definition) is 2. The zero-order chi connectivity index (χ0) is 13.8. The molecule has 1 heterocycles. The Morgan fingerprint density at radius 2 is 2.00 bits per heavy atom.